The number of fused-ring (bicyclic) bond motifs is 1. The van der Waals surface area contributed by atoms with Crippen molar-refractivity contribution in [2.75, 3.05) is 16.0 Å². The van der Waals surface area contributed by atoms with Gasteiger partial charge < -0.3 is 16.0 Å². The monoisotopic (exact) mass is 443 g/mol. The highest BCUT2D eigenvalue weighted by Crippen LogP contribution is 2.30. The molecule has 4 N–H and O–H groups in total. The van der Waals surface area contributed by atoms with Crippen LogP contribution in [-0.4, -0.2) is 21.8 Å². The summed E-state index contributed by atoms with van der Waals surface area (Å²) >= 11 is 11.7. The molecule has 0 radical (unpaired) electrons. The maximum absolute atomic E-state index is 12.8. The molecule has 1 aliphatic heterocycles. The van der Waals surface area contributed by atoms with Crippen LogP contribution in [0.1, 0.15) is 17.9 Å². The average molecular weight is 444 g/mol. The van der Waals surface area contributed by atoms with Gasteiger partial charge in [-0.3, -0.25) is 19.4 Å². The predicted molar refractivity (Wildman–Crippen MR) is 116 cm³/mol. The van der Waals surface area contributed by atoms with Gasteiger partial charge in [-0.1, -0.05) is 23.2 Å². The van der Waals surface area contributed by atoms with E-state index in [1.165, 1.54) is 0 Å². The summed E-state index contributed by atoms with van der Waals surface area (Å²) in [6.45, 7) is 0. The van der Waals surface area contributed by atoms with Crippen molar-refractivity contribution in [1.82, 2.24) is 9.97 Å². The van der Waals surface area contributed by atoms with Crippen molar-refractivity contribution in [1.29, 1.82) is 0 Å². The Bertz CT molecular complexity index is 1180. The number of hydrogen-bond acceptors (Lipinski definition) is 5. The summed E-state index contributed by atoms with van der Waals surface area (Å²) in [5, 5.41) is 9.29. The molecule has 0 spiro atoms. The van der Waals surface area contributed by atoms with Crippen molar-refractivity contribution < 1.29 is 9.59 Å². The molecule has 2 amide bonds. The summed E-state index contributed by atoms with van der Waals surface area (Å²) in [6.07, 6.45) is -0.166. The van der Waals surface area contributed by atoms with Crippen molar-refractivity contribution in [3.8, 4) is 0 Å². The van der Waals surface area contributed by atoms with Crippen LogP contribution in [-0.2, 0) is 9.59 Å². The van der Waals surface area contributed by atoms with Crippen molar-refractivity contribution in [2.45, 2.75) is 12.3 Å². The van der Waals surface area contributed by atoms with E-state index in [9.17, 15) is 14.4 Å². The number of nitrogens with one attached hydrogen (secondary N) is 4. The van der Waals surface area contributed by atoms with Crippen LogP contribution in [0.2, 0.25) is 10.0 Å². The van der Waals surface area contributed by atoms with E-state index in [0.29, 0.717) is 21.4 Å². The third-order valence-electron chi connectivity index (χ3n) is 4.49. The predicted octanol–water partition coefficient (Wildman–Crippen LogP) is 3.88. The van der Waals surface area contributed by atoms with Gasteiger partial charge >= 0.3 is 0 Å². The van der Waals surface area contributed by atoms with E-state index >= 15 is 0 Å². The molecule has 0 saturated heterocycles. The summed E-state index contributed by atoms with van der Waals surface area (Å²) in [4.78, 5) is 44.6. The minimum atomic E-state index is -0.981. The summed E-state index contributed by atoms with van der Waals surface area (Å²) < 4.78 is 0. The molecule has 152 valence electrons. The number of benzene rings is 2. The summed E-state index contributed by atoms with van der Waals surface area (Å²) in [5.41, 5.74) is 0.722. The fourth-order valence-electron chi connectivity index (χ4n) is 3.09. The van der Waals surface area contributed by atoms with Crippen molar-refractivity contribution >= 4 is 58.2 Å². The summed E-state index contributed by atoms with van der Waals surface area (Å²) in [7, 11) is 0. The first-order valence-electron chi connectivity index (χ1n) is 8.92. The zero-order valence-corrected chi connectivity index (χ0v) is 16.8. The van der Waals surface area contributed by atoms with Crippen molar-refractivity contribution in [3.05, 3.63) is 74.5 Å². The van der Waals surface area contributed by atoms with E-state index in [1.807, 2.05) is 0 Å². The van der Waals surface area contributed by atoms with Crippen molar-refractivity contribution in [3.63, 3.8) is 0 Å². The first-order chi connectivity index (χ1) is 14.4. The highest BCUT2D eigenvalue weighted by Gasteiger charge is 2.34. The molecule has 1 atom stereocenters. The van der Waals surface area contributed by atoms with Crippen LogP contribution >= 0.6 is 23.2 Å². The van der Waals surface area contributed by atoms with Crippen LogP contribution in [0.4, 0.5) is 23.1 Å². The van der Waals surface area contributed by atoms with E-state index in [4.69, 9.17) is 23.2 Å². The summed E-state index contributed by atoms with van der Waals surface area (Å²) in [5.74, 6) is -1.71. The number of aromatic nitrogens is 2. The number of carbonyl (C=O) groups is 2. The van der Waals surface area contributed by atoms with Crippen LogP contribution in [0.25, 0.3) is 0 Å². The van der Waals surface area contributed by atoms with Crippen LogP contribution in [0, 0.1) is 0 Å². The number of aromatic amines is 1. The largest absolute Gasteiger partial charge is 0.326 e. The normalized spacial score (nSPS) is 15.1. The van der Waals surface area contributed by atoms with Gasteiger partial charge in [0.2, 0.25) is 17.8 Å². The number of anilines is 4. The van der Waals surface area contributed by atoms with E-state index in [-0.39, 0.29) is 23.8 Å². The van der Waals surface area contributed by atoms with Crippen LogP contribution in [0.15, 0.2) is 53.3 Å². The second-order valence-corrected chi connectivity index (χ2v) is 7.48. The molecule has 0 saturated carbocycles. The number of carbonyl (C=O) groups excluding carboxylic acids is 2. The molecule has 30 heavy (non-hydrogen) atoms. The van der Waals surface area contributed by atoms with Crippen LogP contribution in [0.5, 0.6) is 0 Å². The van der Waals surface area contributed by atoms with E-state index in [2.05, 4.69) is 25.9 Å². The third-order valence-corrected chi connectivity index (χ3v) is 4.99. The number of nitrogens with zero attached hydrogens (tertiary/aromatic N) is 1. The van der Waals surface area contributed by atoms with Gasteiger partial charge in [-0.2, -0.15) is 4.98 Å². The van der Waals surface area contributed by atoms with Crippen LogP contribution in [0.3, 0.4) is 0 Å². The Morgan fingerprint density at radius 1 is 0.967 bits per heavy atom. The molecule has 1 aromatic heterocycles. The lowest BCUT2D eigenvalue weighted by Crippen LogP contribution is -2.36. The molecule has 2 heterocycles. The van der Waals surface area contributed by atoms with Gasteiger partial charge in [-0.25, -0.2) is 0 Å². The maximum Gasteiger partial charge on any atom is 0.258 e. The quantitative estimate of drug-likeness (QED) is 0.488. The Hall–Kier alpha value is -3.36. The number of hydrogen-bond donors (Lipinski definition) is 4. The lowest BCUT2D eigenvalue weighted by atomic mass is 9.92. The average Bonchev–Trinajstić information content (AvgIpc) is 2.70. The highest BCUT2D eigenvalue weighted by molar-refractivity contribution is 6.31. The minimum absolute atomic E-state index is 0.0442. The standard InChI is InChI=1S/C20H15Cl2N5O3/c21-10-1-5-12(6-2-10)23-18(29)14-9-15(28)25-17-16(14)19(30)27-20(26-17)24-13-7-3-11(22)4-8-13/h1-8,14H,9H2,(H,23,29)(H3,24,25,26,27,28,30)/t14-/m0/s1. The SMILES string of the molecule is O=C1C[C@H](C(=O)Nc2ccc(Cl)cc2)c2c(nc(Nc3ccc(Cl)cc3)[nH]c2=O)N1. The molecule has 0 fully saturated rings. The number of H-pyrrole nitrogens is 1. The van der Waals surface area contributed by atoms with Gasteiger partial charge in [0.1, 0.15) is 5.82 Å². The first-order valence-corrected chi connectivity index (χ1v) is 9.68. The van der Waals surface area contributed by atoms with Gasteiger partial charge in [0, 0.05) is 27.8 Å². The number of halogens is 2. The zero-order valence-electron chi connectivity index (χ0n) is 15.3. The van der Waals surface area contributed by atoms with E-state index < -0.39 is 23.3 Å². The molecule has 3 aromatic rings. The molecule has 2 aromatic carbocycles. The molecule has 0 aliphatic carbocycles. The topological polar surface area (TPSA) is 116 Å². The Morgan fingerprint density at radius 2 is 1.57 bits per heavy atom. The smallest absolute Gasteiger partial charge is 0.258 e. The van der Waals surface area contributed by atoms with Gasteiger partial charge in [0.15, 0.2) is 0 Å². The second kappa shape index (κ2) is 8.17. The minimum Gasteiger partial charge on any atom is -0.326 e. The number of rotatable bonds is 4. The highest BCUT2D eigenvalue weighted by atomic mass is 35.5. The zero-order chi connectivity index (χ0) is 21.3. The van der Waals surface area contributed by atoms with Crippen LogP contribution < -0.4 is 21.5 Å². The molecule has 4 rings (SSSR count). The molecule has 10 heteroatoms. The Balaban J connectivity index is 1.62. The van der Waals surface area contributed by atoms with Gasteiger partial charge in [-0.05, 0) is 48.5 Å². The molecule has 0 unspecified atom stereocenters. The Labute approximate surface area is 180 Å². The lowest BCUT2D eigenvalue weighted by molar-refractivity contribution is -0.123. The maximum atomic E-state index is 12.8. The Morgan fingerprint density at radius 3 is 2.20 bits per heavy atom. The third kappa shape index (κ3) is 4.29. The fourth-order valence-corrected chi connectivity index (χ4v) is 3.34. The fraction of sp³-hybridized carbons (Fsp3) is 0.100. The van der Waals surface area contributed by atoms with E-state index in [1.54, 1.807) is 48.5 Å². The molecule has 0 bridgehead atoms. The molecule has 1 aliphatic rings. The van der Waals surface area contributed by atoms with E-state index in [0.717, 1.165) is 0 Å². The second-order valence-electron chi connectivity index (χ2n) is 6.61. The molecular weight excluding hydrogens is 429 g/mol. The molecule has 8 nitrogen and oxygen atoms in total. The lowest BCUT2D eigenvalue weighted by Gasteiger charge is -2.23. The molecular formula is C20H15Cl2N5O3. The van der Waals surface area contributed by atoms with Gasteiger partial charge in [0.25, 0.3) is 5.56 Å². The van der Waals surface area contributed by atoms with Gasteiger partial charge in [-0.15, -0.1) is 0 Å². The van der Waals surface area contributed by atoms with Gasteiger partial charge in [0.05, 0.1) is 11.5 Å². The first kappa shape index (κ1) is 19.9. The number of amides is 2. The summed E-state index contributed by atoms with van der Waals surface area (Å²) in [6, 6.07) is 13.3. The Kier molecular flexibility index (Phi) is 5.43. The van der Waals surface area contributed by atoms with Crippen molar-refractivity contribution in [2.24, 2.45) is 0 Å².